The molecule has 0 bridgehead atoms. The molecule has 2 aromatic carbocycles. The first-order chi connectivity index (χ1) is 16.4. The summed E-state index contributed by atoms with van der Waals surface area (Å²) >= 11 is 5.94. The molecule has 0 radical (unpaired) electrons. The van der Waals surface area contributed by atoms with Crippen LogP contribution in [0.5, 0.6) is 0 Å². The second-order valence-corrected chi connectivity index (χ2v) is 9.83. The molecule has 2 N–H and O–H groups in total. The molecule has 0 aromatic heterocycles. The van der Waals surface area contributed by atoms with Crippen LogP contribution in [0, 0.1) is 12.8 Å². The van der Waals surface area contributed by atoms with Crippen LogP contribution < -0.4 is 10.6 Å². The first-order valence-electron chi connectivity index (χ1n) is 12.1. The van der Waals surface area contributed by atoms with Gasteiger partial charge in [-0.25, -0.2) is 0 Å². The minimum Gasteiger partial charge on any atom is -0.351 e. The lowest BCUT2D eigenvalue weighted by Crippen LogP contribution is -2.55. The molecule has 1 heterocycles. The smallest absolute Gasteiger partial charge is 0.253 e. The first-order valence-corrected chi connectivity index (χ1v) is 12.5. The Labute approximate surface area is 206 Å². The van der Waals surface area contributed by atoms with Crippen LogP contribution in [-0.2, 0) is 4.79 Å². The maximum Gasteiger partial charge on any atom is 0.253 e. The fourth-order valence-corrected chi connectivity index (χ4v) is 5.13. The fourth-order valence-electron chi connectivity index (χ4n) is 5.00. The van der Waals surface area contributed by atoms with E-state index in [1.54, 1.807) is 29.2 Å². The van der Waals surface area contributed by atoms with Gasteiger partial charge in [0.2, 0.25) is 5.91 Å². The van der Waals surface area contributed by atoms with E-state index in [2.05, 4.69) is 10.6 Å². The summed E-state index contributed by atoms with van der Waals surface area (Å²) in [4.78, 5) is 40.7. The number of piperidine rings is 1. The number of nitrogens with one attached hydrogen (secondary N) is 2. The van der Waals surface area contributed by atoms with Crippen molar-refractivity contribution in [3.8, 4) is 0 Å². The summed E-state index contributed by atoms with van der Waals surface area (Å²) in [6.45, 7) is 2.97. The molecule has 34 heavy (non-hydrogen) atoms. The van der Waals surface area contributed by atoms with Crippen molar-refractivity contribution in [2.75, 3.05) is 13.1 Å². The van der Waals surface area contributed by atoms with Gasteiger partial charge in [0.1, 0.15) is 0 Å². The third-order valence-corrected chi connectivity index (χ3v) is 7.22. The van der Waals surface area contributed by atoms with Crippen LogP contribution in [0.2, 0.25) is 5.02 Å². The number of halogens is 1. The van der Waals surface area contributed by atoms with Crippen LogP contribution in [0.1, 0.15) is 64.8 Å². The monoisotopic (exact) mass is 481 g/mol. The number of hydrogen-bond donors (Lipinski definition) is 2. The summed E-state index contributed by atoms with van der Waals surface area (Å²) in [6, 6.07) is 14.2. The third kappa shape index (κ3) is 5.79. The van der Waals surface area contributed by atoms with Gasteiger partial charge in [0.25, 0.3) is 11.8 Å². The van der Waals surface area contributed by atoms with Crippen molar-refractivity contribution in [2.24, 2.45) is 5.92 Å². The molecule has 180 valence electrons. The van der Waals surface area contributed by atoms with E-state index in [1.165, 1.54) is 0 Å². The Morgan fingerprint density at radius 1 is 0.882 bits per heavy atom. The van der Waals surface area contributed by atoms with E-state index in [0.717, 1.165) is 44.1 Å². The van der Waals surface area contributed by atoms with E-state index < -0.39 is 0 Å². The predicted molar refractivity (Wildman–Crippen MR) is 133 cm³/mol. The SMILES string of the molecule is Cc1ccccc1C(=O)N[C@@H]1CCCC[C@H]1NC(=O)[C@H]1CCCN(C(=O)c2ccc(Cl)cc2)C1. The van der Waals surface area contributed by atoms with Crippen LogP contribution in [0.15, 0.2) is 48.5 Å². The Morgan fingerprint density at radius 2 is 1.56 bits per heavy atom. The van der Waals surface area contributed by atoms with Gasteiger partial charge in [-0.1, -0.05) is 42.6 Å². The highest BCUT2D eigenvalue weighted by Gasteiger charge is 2.33. The molecular weight excluding hydrogens is 450 g/mol. The van der Waals surface area contributed by atoms with E-state index in [0.29, 0.717) is 29.2 Å². The van der Waals surface area contributed by atoms with Crippen molar-refractivity contribution < 1.29 is 14.4 Å². The fraction of sp³-hybridized carbons (Fsp3) is 0.444. The lowest BCUT2D eigenvalue weighted by atomic mass is 9.88. The quantitative estimate of drug-likeness (QED) is 0.666. The molecule has 0 spiro atoms. The molecule has 3 amide bonds. The lowest BCUT2D eigenvalue weighted by Gasteiger charge is -2.36. The van der Waals surface area contributed by atoms with Gasteiger partial charge in [0.15, 0.2) is 0 Å². The van der Waals surface area contributed by atoms with Crippen molar-refractivity contribution in [1.82, 2.24) is 15.5 Å². The molecule has 4 rings (SSSR count). The lowest BCUT2D eigenvalue weighted by molar-refractivity contribution is -0.127. The van der Waals surface area contributed by atoms with Gasteiger partial charge < -0.3 is 15.5 Å². The van der Waals surface area contributed by atoms with Crippen molar-refractivity contribution in [2.45, 2.75) is 57.5 Å². The van der Waals surface area contributed by atoms with Gasteiger partial charge in [0.05, 0.1) is 5.92 Å². The molecular formula is C27H32ClN3O3. The normalized spacial score (nSPS) is 22.6. The van der Waals surface area contributed by atoms with E-state index >= 15 is 0 Å². The molecule has 1 aliphatic heterocycles. The molecule has 2 aliphatic rings. The Morgan fingerprint density at radius 3 is 2.26 bits per heavy atom. The number of benzene rings is 2. The third-order valence-electron chi connectivity index (χ3n) is 6.97. The Bertz CT molecular complexity index is 1040. The first kappa shape index (κ1) is 24.3. The predicted octanol–water partition coefficient (Wildman–Crippen LogP) is 4.36. The summed E-state index contributed by atoms with van der Waals surface area (Å²) in [6.07, 6.45) is 5.27. The molecule has 0 unspecified atom stereocenters. The average molecular weight is 482 g/mol. The summed E-state index contributed by atoms with van der Waals surface area (Å²) in [5.74, 6) is -0.452. The van der Waals surface area contributed by atoms with Gasteiger partial charge in [-0.05, 0) is 68.5 Å². The average Bonchev–Trinajstić information content (AvgIpc) is 2.85. The highest BCUT2D eigenvalue weighted by molar-refractivity contribution is 6.30. The zero-order valence-corrected chi connectivity index (χ0v) is 20.3. The number of carbonyl (C=O) groups excluding carboxylic acids is 3. The molecule has 1 saturated heterocycles. The van der Waals surface area contributed by atoms with Crippen LogP contribution in [-0.4, -0.2) is 47.8 Å². The summed E-state index contributed by atoms with van der Waals surface area (Å²) in [7, 11) is 0. The largest absolute Gasteiger partial charge is 0.351 e. The number of likely N-dealkylation sites (tertiary alicyclic amines) is 1. The van der Waals surface area contributed by atoms with E-state index in [-0.39, 0.29) is 35.7 Å². The topological polar surface area (TPSA) is 78.5 Å². The highest BCUT2D eigenvalue weighted by Crippen LogP contribution is 2.23. The standard InChI is InChI=1S/C27H32ClN3O3/c1-18-7-2-3-9-22(18)26(33)30-24-11-5-4-10-23(24)29-25(32)20-8-6-16-31(17-20)27(34)19-12-14-21(28)15-13-19/h2-3,7,9,12-15,20,23-24H,4-6,8,10-11,16-17H2,1H3,(H,29,32)(H,30,33)/t20-,23+,24+/m0/s1. The van der Waals surface area contributed by atoms with Crippen LogP contribution >= 0.6 is 11.6 Å². The van der Waals surface area contributed by atoms with Crippen LogP contribution in [0.4, 0.5) is 0 Å². The molecule has 7 heteroatoms. The maximum absolute atomic E-state index is 13.2. The van der Waals surface area contributed by atoms with E-state index in [9.17, 15) is 14.4 Å². The Hall–Kier alpha value is -2.86. The summed E-state index contributed by atoms with van der Waals surface area (Å²) in [5.41, 5.74) is 2.18. The Balaban J connectivity index is 1.37. The number of carbonyl (C=O) groups is 3. The van der Waals surface area contributed by atoms with Gasteiger partial charge in [-0.15, -0.1) is 0 Å². The van der Waals surface area contributed by atoms with Gasteiger partial charge in [-0.2, -0.15) is 0 Å². The number of nitrogens with zero attached hydrogens (tertiary/aromatic N) is 1. The van der Waals surface area contributed by atoms with Crippen molar-refractivity contribution >= 4 is 29.3 Å². The second-order valence-electron chi connectivity index (χ2n) is 9.39. The molecule has 2 aromatic rings. The maximum atomic E-state index is 13.2. The number of amides is 3. The van der Waals surface area contributed by atoms with Gasteiger partial charge in [-0.3, -0.25) is 14.4 Å². The van der Waals surface area contributed by atoms with Gasteiger partial charge >= 0.3 is 0 Å². The zero-order chi connectivity index (χ0) is 24.1. The summed E-state index contributed by atoms with van der Waals surface area (Å²) in [5, 5.41) is 6.95. The van der Waals surface area contributed by atoms with Crippen molar-refractivity contribution in [3.05, 3.63) is 70.2 Å². The minimum atomic E-state index is -0.250. The minimum absolute atomic E-state index is 0.0318. The van der Waals surface area contributed by atoms with E-state index in [4.69, 9.17) is 11.6 Å². The van der Waals surface area contributed by atoms with Crippen molar-refractivity contribution in [1.29, 1.82) is 0 Å². The molecule has 1 aliphatic carbocycles. The number of aryl methyl sites for hydroxylation is 1. The van der Waals surface area contributed by atoms with Gasteiger partial charge in [0, 0.05) is 41.3 Å². The number of rotatable bonds is 5. The summed E-state index contributed by atoms with van der Waals surface area (Å²) < 4.78 is 0. The van der Waals surface area contributed by atoms with Crippen LogP contribution in [0.25, 0.3) is 0 Å². The Kier molecular flexibility index (Phi) is 7.88. The highest BCUT2D eigenvalue weighted by atomic mass is 35.5. The molecule has 1 saturated carbocycles. The molecule has 3 atom stereocenters. The molecule has 2 fully saturated rings. The zero-order valence-electron chi connectivity index (χ0n) is 19.6. The second kappa shape index (κ2) is 11.0. The number of hydrogen-bond acceptors (Lipinski definition) is 3. The van der Waals surface area contributed by atoms with E-state index in [1.807, 2.05) is 31.2 Å². The van der Waals surface area contributed by atoms with Crippen LogP contribution in [0.3, 0.4) is 0 Å². The van der Waals surface area contributed by atoms with Crippen molar-refractivity contribution in [3.63, 3.8) is 0 Å². The molecule has 6 nitrogen and oxygen atoms in total.